The van der Waals surface area contributed by atoms with E-state index in [1.807, 2.05) is 0 Å². The molecule has 0 radical (unpaired) electrons. The zero-order chi connectivity index (χ0) is 14.4. The third kappa shape index (κ3) is 4.41. The van der Waals surface area contributed by atoms with Gasteiger partial charge in [0.25, 0.3) is 10.1 Å². The second kappa shape index (κ2) is 7.26. The average Bonchev–Trinajstić information content (AvgIpc) is 2.25. The first-order valence-electron chi connectivity index (χ1n) is 4.78. The summed E-state index contributed by atoms with van der Waals surface area (Å²) in [6.07, 6.45) is 0. The first-order valence-corrected chi connectivity index (χ1v) is 7.63. The van der Waals surface area contributed by atoms with E-state index in [1.54, 1.807) is 0 Å². The van der Waals surface area contributed by atoms with Gasteiger partial charge in [0.05, 0.1) is 4.90 Å². The van der Waals surface area contributed by atoms with Crippen molar-refractivity contribution in [1.29, 1.82) is 0 Å². The molecule has 0 amide bonds. The molecule has 0 spiro atoms. The summed E-state index contributed by atoms with van der Waals surface area (Å²) < 4.78 is 64.7. The third-order valence-electron chi connectivity index (χ3n) is 2.45. The molecule has 0 fully saturated rings. The Labute approximate surface area is 165 Å². The Balaban J connectivity index is 0.00000200. The molecule has 0 aliphatic heterocycles. The molecule has 0 bridgehead atoms. The fourth-order valence-electron chi connectivity index (χ4n) is 1.75. The van der Waals surface area contributed by atoms with Crippen molar-refractivity contribution in [1.82, 2.24) is 0 Å². The van der Waals surface area contributed by atoms with Crippen LogP contribution in [0.15, 0.2) is 40.1 Å². The summed E-state index contributed by atoms with van der Waals surface area (Å²) in [5.41, 5.74) is 0. The maximum atomic E-state index is 11.7. The smallest absolute Gasteiger partial charge is 0.872 e. The Morgan fingerprint density at radius 2 is 1.52 bits per heavy atom. The predicted molar refractivity (Wildman–Crippen MR) is 61.2 cm³/mol. The molecule has 0 heterocycles. The Hall–Kier alpha value is 0.320. The van der Waals surface area contributed by atoms with Gasteiger partial charge in [-0.3, -0.25) is 4.55 Å². The molecule has 21 heavy (non-hydrogen) atoms. The van der Waals surface area contributed by atoms with Crippen LogP contribution in [0, 0.1) is 0 Å². The van der Waals surface area contributed by atoms with Crippen molar-refractivity contribution in [3.8, 4) is 5.75 Å². The van der Waals surface area contributed by atoms with Crippen molar-refractivity contribution in [3.05, 3.63) is 30.3 Å². The zero-order valence-electron chi connectivity index (χ0n) is 11.1. The zero-order valence-corrected chi connectivity index (χ0v) is 16.7. The van der Waals surface area contributed by atoms with E-state index in [9.17, 15) is 26.5 Å². The van der Waals surface area contributed by atoms with E-state index in [4.69, 9.17) is 4.55 Å². The minimum Gasteiger partial charge on any atom is -0.872 e. The maximum Gasteiger partial charge on any atom is 1.00 e. The van der Waals surface area contributed by atoms with Crippen LogP contribution in [0.1, 0.15) is 0 Å². The van der Waals surface area contributed by atoms with Gasteiger partial charge >= 0.3 is 59.1 Å². The van der Waals surface area contributed by atoms with Gasteiger partial charge in [-0.05, 0) is 16.8 Å². The van der Waals surface area contributed by atoms with Crippen molar-refractivity contribution in [2.45, 2.75) is 9.79 Å². The van der Waals surface area contributed by atoms with E-state index >= 15 is 0 Å². The van der Waals surface area contributed by atoms with Crippen LogP contribution < -0.4 is 64.2 Å². The molecule has 0 aromatic heterocycles. The summed E-state index contributed by atoms with van der Waals surface area (Å²) in [4.78, 5) is -2.32. The summed E-state index contributed by atoms with van der Waals surface area (Å²) in [7, 11) is -10.2. The van der Waals surface area contributed by atoms with Gasteiger partial charge in [0.1, 0.15) is 15.0 Å². The van der Waals surface area contributed by atoms with E-state index in [2.05, 4.69) is 0 Å². The summed E-state index contributed by atoms with van der Waals surface area (Å²) in [5, 5.41) is 11.2. The Bertz CT molecular complexity index is 876. The predicted octanol–water partition coefficient (Wildman–Crippen LogP) is -5.93. The molecule has 0 atom stereocenters. The van der Waals surface area contributed by atoms with Gasteiger partial charge in [-0.15, -0.1) is 0 Å². The normalized spacial score (nSPS) is 11.5. The van der Waals surface area contributed by atoms with Crippen molar-refractivity contribution in [2.24, 2.45) is 0 Å². The van der Waals surface area contributed by atoms with Gasteiger partial charge in [-0.25, -0.2) is 8.42 Å². The number of hydrogen-bond acceptors (Lipinski definition) is 6. The second-order valence-corrected chi connectivity index (χ2v) is 6.38. The molecular weight excluding hydrogens is 342 g/mol. The molecule has 0 unspecified atom stereocenters. The Kier molecular flexibility index (Phi) is 7.37. The number of rotatable bonds is 2. The van der Waals surface area contributed by atoms with Crippen LogP contribution in [0.4, 0.5) is 0 Å². The summed E-state index contributed by atoms with van der Waals surface area (Å²) in [5.74, 6) is -0.810. The number of fused-ring (bicyclic) bond motifs is 1. The van der Waals surface area contributed by atoms with E-state index in [1.165, 1.54) is 12.1 Å². The van der Waals surface area contributed by atoms with Gasteiger partial charge in [-0.2, -0.15) is 8.42 Å². The van der Waals surface area contributed by atoms with E-state index in [0.717, 1.165) is 18.2 Å². The number of benzene rings is 2. The molecule has 1 N–H and O–H groups in total. The standard InChI is InChI=1S/C10H8O7S2.2Na/c11-7-3-1-2-6-4-5-8(18(12,13)14)10(9(6)7)19(15,16)17;;/h1-5,11H,(H,12,13,14)(H,15,16,17);;/q;2*+1/p-2. The molecule has 2 aromatic rings. The van der Waals surface area contributed by atoms with Crippen LogP contribution in [0.5, 0.6) is 5.75 Å². The Morgan fingerprint density at radius 1 is 0.952 bits per heavy atom. The third-order valence-corrected chi connectivity index (χ3v) is 4.40. The van der Waals surface area contributed by atoms with Crippen molar-refractivity contribution in [3.63, 3.8) is 0 Å². The van der Waals surface area contributed by atoms with Crippen molar-refractivity contribution < 1.29 is 90.2 Å². The monoisotopic (exact) mass is 348 g/mol. The summed E-state index contributed by atoms with van der Waals surface area (Å²) in [6.45, 7) is 0. The van der Waals surface area contributed by atoms with Crippen molar-refractivity contribution in [2.75, 3.05) is 0 Å². The van der Waals surface area contributed by atoms with Crippen LogP contribution >= 0.6 is 0 Å². The average molecular weight is 348 g/mol. The largest absolute Gasteiger partial charge is 1.00 e. The van der Waals surface area contributed by atoms with Crippen LogP contribution in [-0.4, -0.2) is 25.9 Å². The van der Waals surface area contributed by atoms with Crippen LogP contribution in [0.25, 0.3) is 10.8 Å². The molecule has 102 valence electrons. The molecular formula is C10H6Na2O7S2. The quantitative estimate of drug-likeness (QED) is 0.422. The SMILES string of the molecule is O=S(=O)([O-])c1ccc2cccc([O-])c2c1S(=O)(=O)O.[Na+].[Na+]. The molecule has 0 saturated heterocycles. The summed E-state index contributed by atoms with van der Waals surface area (Å²) >= 11 is 0. The molecule has 0 saturated carbocycles. The van der Waals surface area contributed by atoms with E-state index < -0.39 is 41.2 Å². The van der Waals surface area contributed by atoms with E-state index in [-0.39, 0.29) is 64.5 Å². The van der Waals surface area contributed by atoms with E-state index in [0.29, 0.717) is 0 Å². The van der Waals surface area contributed by atoms with Crippen LogP contribution in [0.2, 0.25) is 0 Å². The first-order chi connectivity index (χ1) is 8.62. The van der Waals surface area contributed by atoms with Gasteiger partial charge in [0.15, 0.2) is 0 Å². The van der Waals surface area contributed by atoms with Gasteiger partial charge in [-0.1, -0.05) is 30.0 Å². The van der Waals surface area contributed by atoms with Gasteiger partial charge < -0.3 is 9.66 Å². The van der Waals surface area contributed by atoms with Crippen molar-refractivity contribution >= 4 is 31.0 Å². The summed E-state index contributed by atoms with van der Waals surface area (Å²) in [6, 6.07) is 5.55. The number of hydrogen-bond donors (Lipinski definition) is 1. The first kappa shape index (κ1) is 21.3. The molecule has 2 rings (SSSR count). The molecule has 2 aromatic carbocycles. The molecule has 0 aliphatic rings. The maximum absolute atomic E-state index is 11.7. The van der Waals surface area contributed by atoms with Crippen LogP contribution in [-0.2, 0) is 20.2 Å². The fourth-order valence-corrected chi connectivity index (χ4v) is 3.73. The molecule has 7 nitrogen and oxygen atoms in total. The minimum atomic E-state index is -5.15. The minimum absolute atomic E-state index is 0. The second-order valence-electron chi connectivity index (χ2n) is 3.68. The molecule has 0 aliphatic carbocycles. The fraction of sp³-hybridized carbons (Fsp3) is 0. The van der Waals surface area contributed by atoms with Crippen LogP contribution in [0.3, 0.4) is 0 Å². The Morgan fingerprint density at radius 3 is 2.00 bits per heavy atom. The topological polar surface area (TPSA) is 135 Å². The molecule has 11 heteroatoms. The van der Waals surface area contributed by atoms with Gasteiger partial charge in [0, 0.05) is 0 Å². The van der Waals surface area contributed by atoms with Gasteiger partial charge in [0.2, 0.25) is 0 Å².